The van der Waals surface area contributed by atoms with Crippen LogP contribution in [0.2, 0.25) is 0 Å². The van der Waals surface area contributed by atoms with Crippen molar-refractivity contribution in [2.24, 2.45) is 0 Å². The Morgan fingerprint density at radius 1 is 1.62 bits per heavy atom. The molecule has 0 saturated carbocycles. The number of hydrogen-bond donors (Lipinski definition) is 1. The molecular formula is C11H12FN3O. The summed E-state index contributed by atoms with van der Waals surface area (Å²) in [5.41, 5.74) is 0.320. The second kappa shape index (κ2) is 5.12. The van der Waals surface area contributed by atoms with Crippen molar-refractivity contribution in [2.45, 2.75) is 6.92 Å². The molecule has 0 aliphatic heterocycles. The highest BCUT2D eigenvalue weighted by Gasteiger charge is 2.08. The molecule has 0 saturated heterocycles. The van der Waals surface area contributed by atoms with Crippen molar-refractivity contribution < 1.29 is 9.18 Å². The molecule has 1 aromatic carbocycles. The fourth-order valence-corrected chi connectivity index (χ4v) is 1.05. The first-order valence-electron chi connectivity index (χ1n) is 4.80. The van der Waals surface area contributed by atoms with E-state index in [1.807, 2.05) is 6.92 Å². The molecule has 0 heterocycles. The highest BCUT2D eigenvalue weighted by molar-refractivity contribution is 5.89. The van der Waals surface area contributed by atoms with Crippen molar-refractivity contribution in [3.8, 4) is 6.07 Å². The van der Waals surface area contributed by atoms with Gasteiger partial charge in [0.2, 0.25) is 0 Å². The Balaban J connectivity index is 2.83. The highest BCUT2D eigenvalue weighted by Crippen LogP contribution is 2.14. The largest absolute Gasteiger partial charge is 0.328 e. The molecule has 0 bridgehead atoms. The summed E-state index contributed by atoms with van der Waals surface area (Å²) in [5.74, 6) is -0.593. The average Bonchev–Trinajstić information content (AvgIpc) is 2.30. The van der Waals surface area contributed by atoms with Crippen LogP contribution >= 0.6 is 0 Å². The normalized spacial score (nSPS) is 9.38. The molecule has 0 unspecified atom stereocenters. The average molecular weight is 221 g/mol. The van der Waals surface area contributed by atoms with Crippen LogP contribution in [0, 0.1) is 17.1 Å². The highest BCUT2D eigenvalue weighted by atomic mass is 19.1. The fraction of sp³-hybridized carbons (Fsp3) is 0.273. The van der Waals surface area contributed by atoms with Gasteiger partial charge >= 0.3 is 6.03 Å². The molecule has 1 N–H and O–H groups in total. The number of carbonyl (C=O) groups is 1. The summed E-state index contributed by atoms with van der Waals surface area (Å²) in [6, 6.07) is 5.29. The third-order valence-electron chi connectivity index (χ3n) is 2.16. The number of benzene rings is 1. The number of urea groups is 1. The van der Waals surface area contributed by atoms with Gasteiger partial charge in [-0.25, -0.2) is 9.18 Å². The van der Waals surface area contributed by atoms with Crippen LogP contribution in [-0.4, -0.2) is 24.5 Å². The Morgan fingerprint density at radius 2 is 2.31 bits per heavy atom. The van der Waals surface area contributed by atoms with E-state index in [4.69, 9.17) is 5.26 Å². The van der Waals surface area contributed by atoms with E-state index in [-0.39, 0.29) is 11.6 Å². The Kier molecular flexibility index (Phi) is 3.84. The van der Waals surface area contributed by atoms with Crippen molar-refractivity contribution in [1.82, 2.24) is 4.90 Å². The molecule has 0 radical (unpaired) electrons. The first-order chi connectivity index (χ1) is 7.58. The lowest BCUT2D eigenvalue weighted by atomic mass is 10.2. The quantitative estimate of drug-likeness (QED) is 0.832. The van der Waals surface area contributed by atoms with Crippen molar-refractivity contribution in [3.63, 3.8) is 0 Å². The Labute approximate surface area is 93.3 Å². The minimum absolute atomic E-state index is 0.0862. The van der Waals surface area contributed by atoms with E-state index < -0.39 is 5.82 Å². The van der Waals surface area contributed by atoms with E-state index in [1.54, 1.807) is 13.1 Å². The molecule has 4 nitrogen and oxygen atoms in total. The maximum Gasteiger partial charge on any atom is 0.321 e. The lowest BCUT2D eigenvalue weighted by Crippen LogP contribution is -2.30. The number of amides is 2. The molecule has 1 aromatic rings. The van der Waals surface area contributed by atoms with Crippen LogP contribution < -0.4 is 5.32 Å². The van der Waals surface area contributed by atoms with Crippen LogP contribution in [0.5, 0.6) is 0 Å². The summed E-state index contributed by atoms with van der Waals surface area (Å²) in [6.07, 6.45) is 0. The van der Waals surface area contributed by atoms with Gasteiger partial charge in [-0.05, 0) is 25.1 Å². The van der Waals surface area contributed by atoms with Gasteiger partial charge in [0.1, 0.15) is 11.9 Å². The van der Waals surface area contributed by atoms with Crippen LogP contribution in [-0.2, 0) is 0 Å². The Bertz CT molecular complexity index is 439. The molecule has 0 fully saturated rings. The van der Waals surface area contributed by atoms with E-state index in [1.165, 1.54) is 17.0 Å². The number of halogens is 1. The third-order valence-corrected chi connectivity index (χ3v) is 2.16. The zero-order chi connectivity index (χ0) is 12.1. The fourth-order valence-electron chi connectivity index (χ4n) is 1.05. The number of nitrogens with zero attached hydrogens (tertiary/aromatic N) is 2. The van der Waals surface area contributed by atoms with Crippen LogP contribution in [0.3, 0.4) is 0 Å². The number of carbonyl (C=O) groups excluding carboxylic acids is 1. The van der Waals surface area contributed by atoms with Crippen LogP contribution in [0.25, 0.3) is 0 Å². The minimum Gasteiger partial charge on any atom is -0.328 e. The molecule has 0 aliphatic carbocycles. The topological polar surface area (TPSA) is 56.1 Å². The van der Waals surface area contributed by atoms with Crippen molar-refractivity contribution in [3.05, 3.63) is 29.6 Å². The summed E-state index contributed by atoms with van der Waals surface area (Å²) >= 11 is 0. The summed E-state index contributed by atoms with van der Waals surface area (Å²) in [5, 5.41) is 11.2. The lowest BCUT2D eigenvalue weighted by Gasteiger charge is -2.15. The third kappa shape index (κ3) is 2.70. The monoisotopic (exact) mass is 221 g/mol. The van der Waals surface area contributed by atoms with Gasteiger partial charge in [-0.15, -0.1) is 0 Å². The van der Waals surface area contributed by atoms with Gasteiger partial charge in [-0.1, -0.05) is 0 Å². The summed E-state index contributed by atoms with van der Waals surface area (Å²) in [6.45, 7) is 2.41. The maximum atomic E-state index is 13.0. The molecule has 2 amide bonds. The number of anilines is 1. The van der Waals surface area contributed by atoms with Crippen molar-refractivity contribution >= 4 is 11.7 Å². The molecule has 5 heteroatoms. The Morgan fingerprint density at radius 3 is 2.88 bits per heavy atom. The summed E-state index contributed by atoms with van der Waals surface area (Å²) < 4.78 is 13.0. The lowest BCUT2D eigenvalue weighted by molar-refractivity contribution is 0.224. The number of nitrogens with one attached hydrogen (secondary N) is 1. The summed E-state index contributed by atoms with van der Waals surface area (Å²) in [7, 11) is 1.64. The molecular weight excluding hydrogens is 209 g/mol. The van der Waals surface area contributed by atoms with Gasteiger partial charge in [0.15, 0.2) is 0 Å². The van der Waals surface area contributed by atoms with Crippen LogP contribution in [0.1, 0.15) is 12.5 Å². The number of rotatable bonds is 2. The van der Waals surface area contributed by atoms with Crippen molar-refractivity contribution in [1.29, 1.82) is 5.26 Å². The van der Waals surface area contributed by atoms with Gasteiger partial charge in [0.05, 0.1) is 5.56 Å². The first-order valence-corrected chi connectivity index (χ1v) is 4.80. The standard InChI is InChI=1S/C11H12FN3O/c1-3-15(2)11(16)14-9-4-5-10(12)8(6-9)7-13/h4-6H,3H2,1-2H3,(H,14,16). The molecule has 0 spiro atoms. The van der Waals surface area contributed by atoms with E-state index in [9.17, 15) is 9.18 Å². The molecule has 0 aliphatic rings. The van der Waals surface area contributed by atoms with E-state index in [0.717, 1.165) is 6.07 Å². The second-order valence-corrected chi connectivity index (χ2v) is 3.25. The van der Waals surface area contributed by atoms with E-state index in [2.05, 4.69) is 5.32 Å². The van der Waals surface area contributed by atoms with E-state index >= 15 is 0 Å². The molecule has 1 rings (SSSR count). The van der Waals surface area contributed by atoms with Crippen LogP contribution in [0.15, 0.2) is 18.2 Å². The SMILES string of the molecule is CCN(C)C(=O)Nc1ccc(F)c(C#N)c1. The molecule has 0 aromatic heterocycles. The molecule has 84 valence electrons. The van der Waals surface area contributed by atoms with Gasteiger partial charge in [-0.3, -0.25) is 0 Å². The predicted molar refractivity (Wildman–Crippen MR) is 58.4 cm³/mol. The molecule has 16 heavy (non-hydrogen) atoms. The number of nitriles is 1. The smallest absolute Gasteiger partial charge is 0.321 e. The van der Waals surface area contributed by atoms with Crippen LogP contribution in [0.4, 0.5) is 14.9 Å². The van der Waals surface area contributed by atoms with E-state index in [0.29, 0.717) is 12.2 Å². The first kappa shape index (κ1) is 12.0. The van der Waals surface area contributed by atoms with Gasteiger partial charge < -0.3 is 10.2 Å². The zero-order valence-electron chi connectivity index (χ0n) is 9.12. The van der Waals surface area contributed by atoms with Crippen molar-refractivity contribution in [2.75, 3.05) is 18.9 Å². The second-order valence-electron chi connectivity index (χ2n) is 3.25. The Hall–Kier alpha value is -2.09. The van der Waals surface area contributed by atoms with Gasteiger partial charge in [0.25, 0.3) is 0 Å². The minimum atomic E-state index is -0.593. The van der Waals surface area contributed by atoms with Gasteiger partial charge in [0, 0.05) is 19.3 Å². The predicted octanol–water partition coefficient (Wildman–Crippen LogP) is 2.18. The van der Waals surface area contributed by atoms with Gasteiger partial charge in [-0.2, -0.15) is 5.26 Å². The number of hydrogen-bond acceptors (Lipinski definition) is 2. The summed E-state index contributed by atoms with van der Waals surface area (Å²) in [4.78, 5) is 12.9. The molecule has 0 atom stereocenters. The zero-order valence-corrected chi connectivity index (χ0v) is 9.12. The maximum absolute atomic E-state index is 13.0.